The number of esters is 1. The summed E-state index contributed by atoms with van der Waals surface area (Å²) < 4.78 is 25.3. The number of aromatic nitrogens is 2. The van der Waals surface area contributed by atoms with Crippen molar-refractivity contribution in [3.8, 4) is 0 Å². The van der Waals surface area contributed by atoms with Crippen molar-refractivity contribution < 1.29 is 44.3 Å². The molecule has 5 atom stereocenters. The van der Waals surface area contributed by atoms with Crippen LogP contribution < -0.4 is 11.2 Å². The van der Waals surface area contributed by atoms with Gasteiger partial charge in [0.05, 0.1) is 13.2 Å². The number of carbonyl (C=O) groups excluding carboxylic acids is 1. The number of hydrogen-bond donors (Lipinski definition) is 6. The average molecular weight is 634 g/mol. The van der Waals surface area contributed by atoms with E-state index in [2.05, 4.69) is 6.92 Å². The van der Waals surface area contributed by atoms with E-state index in [0.29, 0.717) is 19.0 Å². The quantitative estimate of drug-likeness (QED) is 0.0361. The van der Waals surface area contributed by atoms with E-state index in [1.165, 1.54) is 64.7 Å². The number of rotatable bonds is 22. The molecule has 1 unspecified atom stereocenters. The van der Waals surface area contributed by atoms with Crippen LogP contribution in [0.3, 0.4) is 0 Å². The second-order valence-corrected chi connectivity index (χ2v) is 11.5. The number of alkyl halides is 1. The number of aliphatic hydroxyl groups excluding tert-OH is 2. The molecule has 6 N–H and O–H groups in total. The molecule has 1 aliphatic heterocycles. The molecule has 14 heteroatoms. The van der Waals surface area contributed by atoms with Crippen molar-refractivity contribution >= 4 is 5.97 Å². The van der Waals surface area contributed by atoms with Gasteiger partial charge in [-0.2, -0.15) is 0 Å². The Hall–Kier alpha value is -2.20. The molecule has 1 aromatic rings. The lowest BCUT2D eigenvalue weighted by Crippen LogP contribution is -2.70. The number of aromatic amines is 1. The Labute approximate surface area is 257 Å². The summed E-state index contributed by atoms with van der Waals surface area (Å²) in [6.45, 7) is 2.52. The molecule has 1 fully saturated rings. The summed E-state index contributed by atoms with van der Waals surface area (Å²) in [7, 11) is 0. The number of nitrogens with one attached hydrogen (secondary N) is 1. The monoisotopic (exact) mass is 633 g/mol. The second kappa shape index (κ2) is 18.7. The SMILES string of the molecule is CCCCCCCCCCCCCCCCCC(F)N(O)[C@@]1(O)[C@H](O)[C@@H](CO)O[C@]1(O)n1cc(C(=O)OCC)c(=O)[nH]c1=O. The zero-order valence-corrected chi connectivity index (χ0v) is 26.1. The van der Waals surface area contributed by atoms with E-state index in [1.807, 2.05) is 0 Å². The highest BCUT2D eigenvalue weighted by atomic mass is 19.1. The molecule has 0 aromatic carbocycles. The molecule has 0 radical (unpaired) electrons. The number of hydrogen-bond acceptors (Lipinski definition) is 11. The van der Waals surface area contributed by atoms with Gasteiger partial charge in [0.25, 0.3) is 5.56 Å². The van der Waals surface area contributed by atoms with Crippen LogP contribution in [0.4, 0.5) is 4.39 Å². The summed E-state index contributed by atoms with van der Waals surface area (Å²) >= 11 is 0. The maximum Gasteiger partial charge on any atom is 0.345 e. The van der Waals surface area contributed by atoms with Crippen LogP contribution in [0.25, 0.3) is 0 Å². The molecule has 1 aliphatic rings. The van der Waals surface area contributed by atoms with E-state index in [9.17, 15) is 40.0 Å². The third-order valence-corrected chi connectivity index (χ3v) is 8.16. The third kappa shape index (κ3) is 9.41. The number of hydroxylamine groups is 2. The Bertz CT molecular complexity index is 1120. The van der Waals surface area contributed by atoms with Gasteiger partial charge < -0.3 is 35.1 Å². The van der Waals surface area contributed by atoms with Gasteiger partial charge in [0.1, 0.15) is 17.8 Å². The summed E-state index contributed by atoms with van der Waals surface area (Å²) in [5.41, 5.74) is -6.86. The maximum absolute atomic E-state index is 15.3. The smallest absolute Gasteiger partial charge is 0.345 e. The van der Waals surface area contributed by atoms with E-state index < -0.39 is 59.5 Å². The highest BCUT2D eigenvalue weighted by Gasteiger charge is 2.71. The van der Waals surface area contributed by atoms with Crippen LogP contribution in [-0.2, 0) is 15.4 Å². The van der Waals surface area contributed by atoms with Crippen LogP contribution in [0.1, 0.15) is 127 Å². The van der Waals surface area contributed by atoms with Crippen LogP contribution in [-0.4, -0.2) is 83.7 Å². The normalized spacial score (nSPS) is 24.2. The number of carbonyl (C=O) groups is 1. The lowest BCUT2D eigenvalue weighted by Gasteiger charge is -2.43. The molecule has 0 aliphatic carbocycles. The van der Waals surface area contributed by atoms with Crippen molar-refractivity contribution in [1.29, 1.82) is 0 Å². The first-order valence-corrected chi connectivity index (χ1v) is 16.1. The van der Waals surface area contributed by atoms with E-state index in [0.717, 1.165) is 25.7 Å². The van der Waals surface area contributed by atoms with Gasteiger partial charge in [0, 0.05) is 6.20 Å². The Morgan fingerprint density at radius 1 is 1.00 bits per heavy atom. The summed E-state index contributed by atoms with van der Waals surface area (Å²) in [5, 5.41) is 53.4. The number of ether oxygens (including phenoxy) is 2. The highest BCUT2D eigenvalue weighted by Crippen LogP contribution is 2.44. The molecular formula is C30H52FN3O10. The molecule has 2 rings (SSSR count). The van der Waals surface area contributed by atoms with Crippen LogP contribution in [0.15, 0.2) is 15.8 Å². The fraction of sp³-hybridized carbons (Fsp3) is 0.833. The molecule has 0 bridgehead atoms. The molecule has 0 amide bonds. The number of aliphatic hydroxyl groups is 4. The van der Waals surface area contributed by atoms with Gasteiger partial charge in [0.2, 0.25) is 5.72 Å². The van der Waals surface area contributed by atoms with Crippen LogP contribution in [0.2, 0.25) is 0 Å². The van der Waals surface area contributed by atoms with Crippen molar-refractivity contribution in [2.45, 2.75) is 147 Å². The number of halogens is 1. The van der Waals surface area contributed by atoms with Crippen LogP contribution in [0, 0.1) is 0 Å². The first-order valence-electron chi connectivity index (χ1n) is 16.1. The summed E-state index contributed by atoms with van der Waals surface area (Å²) in [4.78, 5) is 38.8. The Kier molecular flexibility index (Phi) is 16.1. The summed E-state index contributed by atoms with van der Waals surface area (Å²) in [5.74, 6) is -4.65. The van der Waals surface area contributed by atoms with E-state index >= 15 is 4.39 Å². The van der Waals surface area contributed by atoms with Crippen LogP contribution in [0.5, 0.6) is 0 Å². The minimum atomic E-state index is -3.46. The molecule has 13 nitrogen and oxygen atoms in total. The van der Waals surface area contributed by atoms with E-state index in [1.54, 1.807) is 4.98 Å². The number of nitrogens with zero attached hydrogens (tertiary/aromatic N) is 2. The van der Waals surface area contributed by atoms with E-state index in [-0.39, 0.29) is 22.7 Å². The van der Waals surface area contributed by atoms with Gasteiger partial charge in [-0.1, -0.05) is 96.8 Å². The fourth-order valence-corrected chi connectivity index (χ4v) is 5.54. The van der Waals surface area contributed by atoms with Gasteiger partial charge >= 0.3 is 17.6 Å². The second-order valence-electron chi connectivity index (χ2n) is 11.5. The molecule has 254 valence electrons. The van der Waals surface area contributed by atoms with Crippen molar-refractivity contribution in [2.24, 2.45) is 0 Å². The minimum absolute atomic E-state index is 0.114. The minimum Gasteiger partial charge on any atom is -0.462 e. The zero-order valence-electron chi connectivity index (χ0n) is 26.1. The Morgan fingerprint density at radius 2 is 1.50 bits per heavy atom. The lowest BCUT2D eigenvalue weighted by atomic mass is 9.99. The molecule has 0 spiro atoms. The van der Waals surface area contributed by atoms with E-state index in [4.69, 9.17) is 9.47 Å². The van der Waals surface area contributed by atoms with Crippen molar-refractivity contribution in [1.82, 2.24) is 14.6 Å². The lowest BCUT2D eigenvalue weighted by molar-refractivity contribution is -0.428. The first kappa shape index (κ1) is 38.0. The largest absolute Gasteiger partial charge is 0.462 e. The predicted octanol–water partition coefficient (Wildman–Crippen LogP) is 3.00. The average Bonchev–Trinajstić information content (AvgIpc) is 3.20. The molecule has 44 heavy (non-hydrogen) atoms. The standard InChI is InChI=1S/C30H52FN3O10/c1-3-5-6-7-8-9-10-11-12-13-14-15-16-17-18-19-24(31)34(42)29(40)25(36)23(21-35)44-30(29,41)33-20-22(27(38)43-4-2)26(37)32-28(33)39/h20,23-25,35-36,40-42H,3-19,21H2,1-2H3,(H,32,37,39)/t23-,24?,25-,29-,30+/m1/s1. The molecule has 2 heterocycles. The van der Waals surface area contributed by atoms with Gasteiger partial charge in [-0.3, -0.25) is 9.78 Å². The fourth-order valence-electron chi connectivity index (χ4n) is 5.54. The molecule has 0 saturated carbocycles. The van der Waals surface area contributed by atoms with Gasteiger partial charge in [0.15, 0.2) is 6.30 Å². The van der Waals surface area contributed by atoms with Crippen molar-refractivity contribution in [3.63, 3.8) is 0 Å². The predicted molar refractivity (Wildman–Crippen MR) is 158 cm³/mol. The maximum atomic E-state index is 15.3. The molecular weight excluding hydrogens is 581 g/mol. The van der Waals surface area contributed by atoms with Gasteiger partial charge in [-0.05, 0) is 19.8 Å². The molecule has 1 saturated heterocycles. The van der Waals surface area contributed by atoms with Crippen LogP contribution >= 0.6 is 0 Å². The summed E-state index contributed by atoms with van der Waals surface area (Å²) in [6.07, 6.45) is 10.2. The van der Waals surface area contributed by atoms with Crippen molar-refractivity contribution in [2.75, 3.05) is 13.2 Å². The highest BCUT2D eigenvalue weighted by molar-refractivity contribution is 5.88. The number of H-pyrrole nitrogens is 1. The number of unbranched alkanes of at least 4 members (excludes halogenated alkanes) is 14. The topological polar surface area (TPSA) is 195 Å². The third-order valence-electron chi connectivity index (χ3n) is 8.16. The first-order chi connectivity index (χ1) is 21.0. The Balaban J connectivity index is 1.93. The van der Waals surface area contributed by atoms with Crippen molar-refractivity contribution in [3.05, 3.63) is 32.6 Å². The van der Waals surface area contributed by atoms with Gasteiger partial charge in [-0.25, -0.2) is 18.5 Å². The zero-order chi connectivity index (χ0) is 32.8. The Morgan fingerprint density at radius 3 is 1.98 bits per heavy atom. The molecule has 1 aromatic heterocycles. The summed E-state index contributed by atoms with van der Waals surface area (Å²) in [6, 6.07) is 0. The van der Waals surface area contributed by atoms with Gasteiger partial charge in [-0.15, -0.1) is 5.06 Å².